The van der Waals surface area contributed by atoms with E-state index in [1.807, 2.05) is 12.1 Å². The Bertz CT molecular complexity index is 568. The average Bonchev–Trinajstić information content (AvgIpc) is 2.44. The van der Waals surface area contributed by atoms with Crippen molar-refractivity contribution in [2.45, 2.75) is 24.6 Å². The normalized spacial score (nSPS) is 12.3. The van der Waals surface area contributed by atoms with Crippen molar-refractivity contribution in [2.75, 3.05) is 6.54 Å². The van der Waals surface area contributed by atoms with Crippen LogP contribution in [0.2, 0.25) is 0 Å². The molecule has 1 atom stereocenters. The highest BCUT2D eigenvalue weighted by molar-refractivity contribution is 9.09. The van der Waals surface area contributed by atoms with Crippen molar-refractivity contribution in [2.24, 2.45) is 0 Å². The Morgan fingerprint density at radius 2 is 2.16 bits per heavy atom. The molecule has 0 spiro atoms. The summed E-state index contributed by atoms with van der Waals surface area (Å²) in [6.45, 7) is 2.74. The molecule has 1 amide bonds. The maximum Gasteiger partial charge on any atom is 0.253 e. The first-order valence-corrected chi connectivity index (χ1v) is 7.26. The number of aromatic nitrogens is 2. The Hall–Kier alpha value is -1.49. The summed E-state index contributed by atoms with van der Waals surface area (Å²) in [6.07, 6.45) is 5.35. The molecule has 2 aromatic rings. The fourth-order valence-electron chi connectivity index (χ4n) is 1.89. The summed E-state index contributed by atoms with van der Waals surface area (Å²) in [7, 11) is 0. The average molecular weight is 322 g/mol. The standard InChI is InChI=1S/C14H16BrN3O/c1-2-4-10(15)9-18-14(19)11-5-3-6-12-13(11)17-8-7-16-12/h3,5-8,10H,2,4,9H2,1H3,(H,18,19). The molecule has 5 heteroatoms. The number of halogens is 1. The van der Waals surface area contributed by atoms with E-state index in [0.29, 0.717) is 22.5 Å². The molecule has 100 valence electrons. The number of rotatable bonds is 5. The van der Waals surface area contributed by atoms with Crippen LogP contribution in [0.3, 0.4) is 0 Å². The van der Waals surface area contributed by atoms with E-state index in [0.717, 1.165) is 18.4 Å². The van der Waals surface area contributed by atoms with E-state index in [-0.39, 0.29) is 5.91 Å². The lowest BCUT2D eigenvalue weighted by Gasteiger charge is -2.10. The predicted molar refractivity (Wildman–Crippen MR) is 79.5 cm³/mol. The van der Waals surface area contributed by atoms with Crippen LogP contribution in [-0.4, -0.2) is 27.2 Å². The van der Waals surface area contributed by atoms with Crippen LogP contribution < -0.4 is 5.32 Å². The zero-order chi connectivity index (χ0) is 13.7. The number of benzene rings is 1. The fourth-order valence-corrected chi connectivity index (χ4v) is 2.51. The maximum atomic E-state index is 12.2. The van der Waals surface area contributed by atoms with Crippen molar-refractivity contribution < 1.29 is 4.79 Å². The van der Waals surface area contributed by atoms with Gasteiger partial charge in [0, 0.05) is 23.8 Å². The number of nitrogens with one attached hydrogen (secondary N) is 1. The van der Waals surface area contributed by atoms with Crippen molar-refractivity contribution in [3.63, 3.8) is 0 Å². The Balaban J connectivity index is 2.13. The van der Waals surface area contributed by atoms with Gasteiger partial charge in [0.25, 0.3) is 5.91 Å². The Kier molecular flexibility index (Phi) is 4.85. The van der Waals surface area contributed by atoms with Crippen LogP contribution >= 0.6 is 15.9 Å². The van der Waals surface area contributed by atoms with E-state index in [4.69, 9.17) is 0 Å². The quantitative estimate of drug-likeness (QED) is 0.861. The van der Waals surface area contributed by atoms with E-state index < -0.39 is 0 Å². The molecule has 1 aromatic heterocycles. The monoisotopic (exact) mass is 321 g/mol. The summed E-state index contributed by atoms with van der Waals surface area (Å²) in [5, 5.41) is 2.92. The molecule has 0 saturated carbocycles. The van der Waals surface area contributed by atoms with Gasteiger partial charge in [0.15, 0.2) is 0 Å². The largest absolute Gasteiger partial charge is 0.351 e. The Morgan fingerprint density at radius 3 is 2.95 bits per heavy atom. The van der Waals surface area contributed by atoms with Crippen molar-refractivity contribution in [1.29, 1.82) is 0 Å². The van der Waals surface area contributed by atoms with Gasteiger partial charge in [-0.05, 0) is 18.6 Å². The van der Waals surface area contributed by atoms with Crippen LogP contribution in [0.25, 0.3) is 11.0 Å². The second-order valence-electron chi connectivity index (χ2n) is 4.33. The van der Waals surface area contributed by atoms with Crippen molar-refractivity contribution in [1.82, 2.24) is 15.3 Å². The molecule has 0 radical (unpaired) electrons. The Morgan fingerprint density at radius 1 is 1.37 bits per heavy atom. The maximum absolute atomic E-state index is 12.2. The van der Waals surface area contributed by atoms with Gasteiger partial charge in [-0.1, -0.05) is 35.3 Å². The molecule has 0 fully saturated rings. The van der Waals surface area contributed by atoms with Gasteiger partial charge in [-0.2, -0.15) is 0 Å². The molecule has 0 bridgehead atoms. The van der Waals surface area contributed by atoms with Gasteiger partial charge in [0.05, 0.1) is 11.1 Å². The van der Waals surface area contributed by atoms with E-state index >= 15 is 0 Å². The predicted octanol–water partition coefficient (Wildman–Crippen LogP) is 2.92. The molecular weight excluding hydrogens is 306 g/mol. The molecule has 4 nitrogen and oxygen atoms in total. The molecule has 0 aliphatic rings. The Labute approximate surface area is 120 Å². The highest BCUT2D eigenvalue weighted by Crippen LogP contribution is 2.14. The third-order valence-electron chi connectivity index (χ3n) is 2.83. The minimum Gasteiger partial charge on any atom is -0.351 e. The van der Waals surface area contributed by atoms with E-state index in [1.165, 1.54) is 0 Å². The smallest absolute Gasteiger partial charge is 0.253 e. The summed E-state index contributed by atoms with van der Waals surface area (Å²) in [6, 6.07) is 5.45. The molecule has 2 rings (SSSR count). The lowest BCUT2D eigenvalue weighted by Crippen LogP contribution is -2.29. The lowest BCUT2D eigenvalue weighted by molar-refractivity contribution is 0.0955. The SMILES string of the molecule is CCCC(Br)CNC(=O)c1cccc2nccnc12. The number of nitrogens with zero attached hydrogens (tertiary/aromatic N) is 2. The molecule has 1 aromatic carbocycles. The van der Waals surface area contributed by atoms with Crippen LogP contribution in [0.4, 0.5) is 0 Å². The molecule has 19 heavy (non-hydrogen) atoms. The van der Waals surface area contributed by atoms with Crippen LogP contribution in [0.1, 0.15) is 30.1 Å². The number of hydrogen-bond donors (Lipinski definition) is 1. The fraction of sp³-hybridized carbons (Fsp3) is 0.357. The molecule has 1 unspecified atom stereocenters. The van der Waals surface area contributed by atoms with E-state index in [2.05, 4.69) is 38.1 Å². The summed E-state index contributed by atoms with van der Waals surface area (Å²) in [5.41, 5.74) is 1.95. The van der Waals surface area contributed by atoms with E-state index in [9.17, 15) is 4.79 Å². The highest BCUT2D eigenvalue weighted by atomic mass is 79.9. The minimum absolute atomic E-state index is 0.105. The van der Waals surface area contributed by atoms with Crippen LogP contribution in [0.5, 0.6) is 0 Å². The van der Waals surface area contributed by atoms with E-state index in [1.54, 1.807) is 18.5 Å². The van der Waals surface area contributed by atoms with Crippen molar-refractivity contribution >= 4 is 32.9 Å². The first-order chi connectivity index (χ1) is 9.22. The summed E-state index contributed by atoms with van der Waals surface area (Å²) in [5.74, 6) is -0.105. The topological polar surface area (TPSA) is 54.9 Å². The van der Waals surface area contributed by atoms with Gasteiger partial charge in [0.2, 0.25) is 0 Å². The molecule has 0 saturated heterocycles. The zero-order valence-corrected chi connectivity index (χ0v) is 12.4. The van der Waals surface area contributed by atoms with Crippen molar-refractivity contribution in [3.8, 4) is 0 Å². The molecule has 0 aliphatic heterocycles. The minimum atomic E-state index is -0.105. The first kappa shape index (κ1) is 13.9. The number of para-hydroxylation sites is 1. The highest BCUT2D eigenvalue weighted by Gasteiger charge is 2.12. The van der Waals surface area contributed by atoms with Gasteiger partial charge in [-0.3, -0.25) is 14.8 Å². The number of hydrogen-bond acceptors (Lipinski definition) is 3. The number of amides is 1. The first-order valence-electron chi connectivity index (χ1n) is 6.34. The van der Waals surface area contributed by atoms with Gasteiger partial charge in [-0.25, -0.2) is 0 Å². The summed E-state index contributed by atoms with van der Waals surface area (Å²) < 4.78 is 0. The lowest BCUT2D eigenvalue weighted by atomic mass is 10.1. The second-order valence-corrected chi connectivity index (χ2v) is 5.62. The van der Waals surface area contributed by atoms with Crippen LogP contribution in [-0.2, 0) is 0 Å². The number of carbonyl (C=O) groups is 1. The number of fused-ring (bicyclic) bond motifs is 1. The number of carbonyl (C=O) groups excluding carboxylic acids is 1. The summed E-state index contributed by atoms with van der Waals surface area (Å²) >= 11 is 3.55. The van der Waals surface area contributed by atoms with Gasteiger partial charge < -0.3 is 5.32 Å². The van der Waals surface area contributed by atoms with Gasteiger partial charge in [0.1, 0.15) is 5.52 Å². The van der Waals surface area contributed by atoms with Crippen molar-refractivity contribution in [3.05, 3.63) is 36.2 Å². The zero-order valence-electron chi connectivity index (χ0n) is 10.8. The van der Waals surface area contributed by atoms with Crippen LogP contribution in [0.15, 0.2) is 30.6 Å². The third-order valence-corrected chi connectivity index (χ3v) is 3.61. The second kappa shape index (κ2) is 6.61. The summed E-state index contributed by atoms with van der Waals surface area (Å²) in [4.78, 5) is 20.9. The van der Waals surface area contributed by atoms with Crippen LogP contribution in [0, 0.1) is 0 Å². The molecule has 1 heterocycles. The molecule has 1 N–H and O–H groups in total. The number of alkyl halides is 1. The molecular formula is C14H16BrN3O. The van der Waals surface area contributed by atoms with Gasteiger partial charge in [-0.15, -0.1) is 0 Å². The van der Waals surface area contributed by atoms with Gasteiger partial charge >= 0.3 is 0 Å². The third kappa shape index (κ3) is 3.50. The molecule has 0 aliphatic carbocycles.